The topological polar surface area (TPSA) is 105 Å². The molecule has 4 aromatic rings. The average molecular weight is 459 g/mol. The summed E-state index contributed by atoms with van der Waals surface area (Å²) in [4.78, 5) is 8.30. The number of anilines is 1. The van der Waals surface area contributed by atoms with Crippen LogP contribution in [0, 0.1) is 0 Å². The number of hydrogen-bond donors (Lipinski definition) is 3. The molecular weight excluding hydrogens is 439 g/mol. The Kier molecular flexibility index (Phi) is 6.43. The van der Waals surface area contributed by atoms with Crippen molar-refractivity contribution in [2.45, 2.75) is 18.8 Å². The first-order valence-corrected chi connectivity index (χ1v) is 9.97. The summed E-state index contributed by atoms with van der Waals surface area (Å²) < 4.78 is 47.1. The number of fused-ring (bicyclic) bond motifs is 1. The van der Waals surface area contributed by atoms with Crippen molar-refractivity contribution in [1.29, 1.82) is 0 Å². The zero-order valence-corrected chi connectivity index (χ0v) is 17.2. The van der Waals surface area contributed by atoms with E-state index in [4.69, 9.17) is 9.84 Å². The zero-order valence-electron chi connectivity index (χ0n) is 17.2. The predicted molar refractivity (Wildman–Crippen MR) is 114 cm³/mol. The Labute approximate surface area is 186 Å². The van der Waals surface area contributed by atoms with E-state index in [9.17, 15) is 18.3 Å². The van der Waals surface area contributed by atoms with E-state index in [1.807, 2.05) is 0 Å². The molecule has 1 aromatic carbocycles. The second-order valence-corrected chi connectivity index (χ2v) is 7.17. The predicted octanol–water partition coefficient (Wildman–Crippen LogP) is 3.15. The monoisotopic (exact) mass is 459 g/mol. The maximum Gasteiger partial charge on any atom is 0.417 e. The first kappa shape index (κ1) is 22.5. The normalized spacial score (nSPS) is 12.6. The maximum absolute atomic E-state index is 13.4. The SMILES string of the molecule is OCC(O)COc1cc(NCc2cnc3ccc(-c4ccccc4C(F)(F)F)nn23)ccn1. The minimum Gasteiger partial charge on any atom is -0.475 e. The Morgan fingerprint density at radius 1 is 1.09 bits per heavy atom. The van der Waals surface area contributed by atoms with Crippen LogP contribution in [0.2, 0.25) is 0 Å². The lowest BCUT2D eigenvalue weighted by molar-refractivity contribution is -0.137. The van der Waals surface area contributed by atoms with Gasteiger partial charge in [-0.25, -0.2) is 14.5 Å². The van der Waals surface area contributed by atoms with Gasteiger partial charge in [-0.1, -0.05) is 18.2 Å². The van der Waals surface area contributed by atoms with Crippen molar-refractivity contribution in [2.75, 3.05) is 18.5 Å². The summed E-state index contributed by atoms with van der Waals surface area (Å²) in [6, 6.07) is 11.7. The minimum atomic E-state index is -4.50. The van der Waals surface area contributed by atoms with E-state index in [1.54, 1.807) is 24.4 Å². The fourth-order valence-electron chi connectivity index (χ4n) is 3.16. The Balaban J connectivity index is 1.55. The highest BCUT2D eigenvalue weighted by molar-refractivity contribution is 5.65. The number of alkyl halides is 3. The van der Waals surface area contributed by atoms with Gasteiger partial charge < -0.3 is 20.3 Å². The molecule has 0 radical (unpaired) electrons. The molecule has 11 heteroatoms. The van der Waals surface area contributed by atoms with E-state index in [0.29, 0.717) is 17.0 Å². The molecule has 3 aromatic heterocycles. The Morgan fingerprint density at radius 3 is 2.70 bits per heavy atom. The fourth-order valence-corrected chi connectivity index (χ4v) is 3.16. The first-order valence-electron chi connectivity index (χ1n) is 9.97. The Bertz CT molecular complexity index is 1250. The molecule has 0 saturated heterocycles. The number of nitrogens with zero attached hydrogens (tertiary/aromatic N) is 4. The maximum atomic E-state index is 13.4. The van der Waals surface area contributed by atoms with Crippen LogP contribution in [0.1, 0.15) is 11.3 Å². The summed E-state index contributed by atoms with van der Waals surface area (Å²) in [7, 11) is 0. The molecule has 0 saturated carbocycles. The van der Waals surface area contributed by atoms with E-state index < -0.39 is 24.5 Å². The molecule has 172 valence electrons. The van der Waals surface area contributed by atoms with E-state index in [2.05, 4.69) is 20.4 Å². The lowest BCUT2D eigenvalue weighted by atomic mass is 10.0. The highest BCUT2D eigenvalue weighted by atomic mass is 19.4. The third kappa shape index (κ3) is 5.21. The van der Waals surface area contributed by atoms with E-state index >= 15 is 0 Å². The second-order valence-electron chi connectivity index (χ2n) is 7.17. The quantitative estimate of drug-likeness (QED) is 0.372. The summed E-state index contributed by atoms with van der Waals surface area (Å²) in [6.07, 6.45) is -2.40. The van der Waals surface area contributed by atoms with Gasteiger partial charge in [0.2, 0.25) is 5.88 Å². The largest absolute Gasteiger partial charge is 0.475 e. The standard InChI is InChI=1S/C22H20F3N5O3/c23-22(24,25)18-4-2-1-3-17(18)19-5-6-20-28-11-15(30(20)29-19)10-27-14-7-8-26-21(9-14)33-13-16(32)12-31/h1-9,11,16,31-32H,10,12-13H2,(H,26,27). The fraction of sp³-hybridized carbons (Fsp3) is 0.227. The van der Waals surface area contributed by atoms with Gasteiger partial charge in [0, 0.05) is 23.5 Å². The van der Waals surface area contributed by atoms with Crippen molar-refractivity contribution in [3.8, 4) is 17.1 Å². The smallest absolute Gasteiger partial charge is 0.417 e. The summed E-state index contributed by atoms with van der Waals surface area (Å²) in [5.41, 5.74) is 1.19. The van der Waals surface area contributed by atoms with Gasteiger partial charge in [0.05, 0.1) is 36.3 Å². The molecule has 0 amide bonds. The number of ether oxygens (including phenoxy) is 1. The first-order chi connectivity index (χ1) is 15.8. The molecule has 3 N–H and O–H groups in total. The van der Waals surface area contributed by atoms with Crippen molar-refractivity contribution in [3.63, 3.8) is 0 Å². The number of aliphatic hydroxyl groups is 2. The van der Waals surface area contributed by atoms with E-state index in [0.717, 1.165) is 6.07 Å². The van der Waals surface area contributed by atoms with E-state index in [1.165, 1.54) is 35.0 Å². The molecule has 0 aliphatic heterocycles. The Morgan fingerprint density at radius 2 is 1.91 bits per heavy atom. The molecule has 0 fully saturated rings. The van der Waals surface area contributed by atoms with Gasteiger partial charge in [-0.05, 0) is 24.3 Å². The number of rotatable bonds is 8. The molecule has 1 unspecified atom stereocenters. The molecule has 0 spiro atoms. The number of aromatic nitrogens is 4. The number of halogens is 3. The molecular formula is C22H20F3N5O3. The number of hydrogen-bond acceptors (Lipinski definition) is 7. The van der Waals surface area contributed by atoms with Crippen molar-refractivity contribution >= 4 is 11.3 Å². The van der Waals surface area contributed by atoms with Crippen LogP contribution >= 0.6 is 0 Å². The Hall–Kier alpha value is -3.70. The van der Waals surface area contributed by atoms with Crippen LogP contribution in [-0.4, -0.2) is 49.1 Å². The summed E-state index contributed by atoms with van der Waals surface area (Å²) in [6.45, 7) is -0.248. The van der Waals surface area contributed by atoms with Crippen LogP contribution < -0.4 is 10.1 Å². The number of imidazole rings is 1. The van der Waals surface area contributed by atoms with Crippen LogP contribution in [0.3, 0.4) is 0 Å². The van der Waals surface area contributed by atoms with Gasteiger partial charge >= 0.3 is 6.18 Å². The summed E-state index contributed by atoms with van der Waals surface area (Å²) >= 11 is 0. The molecule has 8 nitrogen and oxygen atoms in total. The minimum absolute atomic E-state index is 0.0134. The second kappa shape index (κ2) is 9.43. The molecule has 0 aliphatic carbocycles. The van der Waals surface area contributed by atoms with Crippen LogP contribution in [0.15, 0.2) is 60.9 Å². The lowest BCUT2D eigenvalue weighted by Crippen LogP contribution is -2.21. The van der Waals surface area contributed by atoms with Gasteiger partial charge in [0.15, 0.2) is 5.65 Å². The molecule has 0 aliphatic rings. The van der Waals surface area contributed by atoms with Gasteiger partial charge in [0.1, 0.15) is 12.7 Å². The van der Waals surface area contributed by atoms with Gasteiger partial charge in [-0.3, -0.25) is 0 Å². The van der Waals surface area contributed by atoms with Crippen LogP contribution in [-0.2, 0) is 12.7 Å². The van der Waals surface area contributed by atoms with E-state index in [-0.39, 0.29) is 30.3 Å². The van der Waals surface area contributed by atoms with Crippen molar-refractivity contribution in [2.24, 2.45) is 0 Å². The molecule has 4 rings (SSSR count). The van der Waals surface area contributed by atoms with Crippen molar-refractivity contribution in [1.82, 2.24) is 19.6 Å². The summed E-state index contributed by atoms with van der Waals surface area (Å²) in [5.74, 6) is 0.259. The summed E-state index contributed by atoms with van der Waals surface area (Å²) in [5, 5.41) is 25.8. The highest BCUT2D eigenvalue weighted by Crippen LogP contribution is 2.36. The van der Waals surface area contributed by atoms with Gasteiger partial charge in [0.25, 0.3) is 0 Å². The molecule has 0 bridgehead atoms. The average Bonchev–Trinajstić information content (AvgIpc) is 3.23. The lowest BCUT2D eigenvalue weighted by Gasteiger charge is -2.13. The van der Waals surface area contributed by atoms with Crippen LogP contribution in [0.4, 0.5) is 18.9 Å². The zero-order chi connectivity index (χ0) is 23.4. The number of pyridine rings is 1. The van der Waals surface area contributed by atoms with Crippen molar-refractivity contribution < 1.29 is 28.1 Å². The number of benzene rings is 1. The highest BCUT2D eigenvalue weighted by Gasteiger charge is 2.33. The molecule has 33 heavy (non-hydrogen) atoms. The molecule has 1 atom stereocenters. The van der Waals surface area contributed by atoms with Crippen LogP contribution in [0.5, 0.6) is 5.88 Å². The molecule has 3 heterocycles. The number of aliphatic hydroxyl groups excluding tert-OH is 2. The van der Waals surface area contributed by atoms with Crippen molar-refractivity contribution in [3.05, 3.63) is 72.2 Å². The third-order valence-corrected chi connectivity index (χ3v) is 4.78. The van der Waals surface area contributed by atoms with Crippen LogP contribution in [0.25, 0.3) is 16.9 Å². The van der Waals surface area contributed by atoms with Gasteiger partial charge in [-0.15, -0.1) is 0 Å². The van der Waals surface area contributed by atoms with Gasteiger partial charge in [-0.2, -0.15) is 18.3 Å². The number of nitrogens with one attached hydrogen (secondary N) is 1. The third-order valence-electron chi connectivity index (χ3n) is 4.78.